The van der Waals surface area contributed by atoms with Gasteiger partial charge in [0.1, 0.15) is 5.41 Å². The van der Waals surface area contributed by atoms with Crippen LogP contribution in [0.15, 0.2) is 0 Å². The molecule has 1 saturated heterocycles. The summed E-state index contributed by atoms with van der Waals surface area (Å²) in [4.78, 5) is 23.1. The van der Waals surface area contributed by atoms with Gasteiger partial charge >= 0.3 is 5.97 Å². The third-order valence-corrected chi connectivity index (χ3v) is 3.73. The van der Waals surface area contributed by atoms with Crippen molar-refractivity contribution in [2.45, 2.75) is 38.1 Å². The maximum absolute atomic E-state index is 11.9. The number of carboxylic acid groups (broad SMARTS) is 1. The average molecular weight is 226 g/mol. The molecule has 0 aromatic carbocycles. The average Bonchev–Trinajstić information content (AvgIpc) is 2.16. The van der Waals surface area contributed by atoms with Crippen LogP contribution in [0.2, 0.25) is 0 Å². The van der Waals surface area contributed by atoms with Crippen LogP contribution in [-0.2, 0) is 9.59 Å². The minimum absolute atomic E-state index is 0.144. The molecule has 1 heterocycles. The van der Waals surface area contributed by atoms with E-state index >= 15 is 0 Å². The molecule has 1 aliphatic carbocycles. The highest BCUT2D eigenvalue weighted by Gasteiger charge is 2.51. The fourth-order valence-electron chi connectivity index (χ4n) is 2.36. The van der Waals surface area contributed by atoms with Crippen molar-refractivity contribution in [3.05, 3.63) is 0 Å². The lowest BCUT2D eigenvalue weighted by Crippen LogP contribution is -2.54. The van der Waals surface area contributed by atoms with Gasteiger partial charge in [-0.05, 0) is 38.8 Å². The van der Waals surface area contributed by atoms with Gasteiger partial charge in [-0.15, -0.1) is 0 Å². The molecule has 0 aromatic heterocycles. The van der Waals surface area contributed by atoms with Gasteiger partial charge in [-0.1, -0.05) is 6.42 Å². The predicted octanol–water partition coefficient (Wildman–Crippen LogP) is 0.109. The van der Waals surface area contributed by atoms with Crippen molar-refractivity contribution >= 4 is 11.9 Å². The Hall–Kier alpha value is -1.10. The Bertz CT molecular complexity index is 294. The third-order valence-electron chi connectivity index (χ3n) is 3.73. The number of carbonyl (C=O) groups is 2. The quantitative estimate of drug-likeness (QED) is 0.597. The van der Waals surface area contributed by atoms with Gasteiger partial charge in [0.2, 0.25) is 5.91 Å². The molecule has 1 amide bonds. The molecule has 90 valence electrons. The van der Waals surface area contributed by atoms with Crippen LogP contribution < -0.4 is 10.6 Å². The molecule has 0 atom stereocenters. The highest BCUT2D eigenvalue weighted by molar-refractivity contribution is 6.02. The number of hydrogen-bond donors (Lipinski definition) is 3. The first-order valence-electron chi connectivity index (χ1n) is 5.90. The summed E-state index contributed by atoms with van der Waals surface area (Å²) in [6.07, 6.45) is 3.59. The Kier molecular flexibility index (Phi) is 3.14. The molecule has 2 aliphatic rings. The number of amides is 1. The maximum atomic E-state index is 11.9. The van der Waals surface area contributed by atoms with Gasteiger partial charge in [-0.2, -0.15) is 0 Å². The van der Waals surface area contributed by atoms with Crippen molar-refractivity contribution < 1.29 is 14.7 Å². The second-order valence-corrected chi connectivity index (χ2v) is 4.74. The zero-order chi connectivity index (χ0) is 11.6. The molecule has 0 bridgehead atoms. The minimum atomic E-state index is -1.12. The molecule has 0 radical (unpaired) electrons. The molecule has 1 saturated carbocycles. The van der Waals surface area contributed by atoms with E-state index in [4.69, 9.17) is 5.11 Å². The van der Waals surface area contributed by atoms with Crippen LogP contribution in [0.3, 0.4) is 0 Å². The van der Waals surface area contributed by atoms with Crippen LogP contribution in [-0.4, -0.2) is 36.1 Å². The third kappa shape index (κ3) is 1.91. The summed E-state index contributed by atoms with van der Waals surface area (Å²) in [6.45, 7) is 1.79. The zero-order valence-corrected chi connectivity index (χ0v) is 9.29. The molecule has 5 nitrogen and oxygen atoms in total. The number of carbonyl (C=O) groups excluding carboxylic acids is 1. The maximum Gasteiger partial charge on any atom is 0.319 e. The summed E-state index contributed by atoms with van der Waals surface area (Å²) < 4.78 is 0. The number of nitrogens with one attached hydrogen (secondary N) is 2. The molecule has 3 N–H and O–H groups in total. The van der Waals surface area contributed by atoms with Crippen molar-refractivity contribution in [1.29, 1.82) is 0 Å². The standard InChI is InChI=1S/C11H18N2O3/c14-9(11(10(15)16)4-1-5-11)13-8-2-6-12-7-3-8/h8,12H,1-7H2,(H,13,14)(H,15,16). The van der Waals surface area contributed by atoms with Gasteiger partial charge in [0, 0.05) is 6.04 Å². The van der Waals surface area contributed by atoms with Gasteiger partial charge in [-0.3, -0.25) is 9.59 Å². The molecule has 0 aromatic rings. The van der Waals surface area contributed by atoms with E-state index in [1.807, 2.05) is 0 Å². The Balaban J connectivity index is 1.93. The van der Waals surface area contributed by atoms with Crippen LogP contribution in [0.25, 0.3) is 0 Å². The van der Waals surface area contributed by atoms with Crippen molar-refractivity contribution in [1.82, 2.24) is 10.6 Å². The van der Waals surface area contributed by atoms with Crippen LogP contribution in [0, 0.1) is 5.41 Å². The molecule has 0 spiro atoms. The van der Waals surface area contributed by atoms with Gasteiger partial charge in [-0.25, -0.2) is 0 Å². The van der Waals surface area contributed by atoms with E-state index < -0.39 is 11.4 Å². The molecule has 16 heavy (non-hydrogen) atoms. The molecular formula is C11H18N2O3. The van der Waals surface area contributed by atoms with Crippen LogP contribution in [0.4, 0.5) is 0 Å². The highest BCUT2D eigenvalue weighted by atomic mass is 16.4. The minimum Gasteiger partial charge on any atom is -0.480 e. The van der Waals surface area contributed by atoms with Crippen LogP contribution in [0.5, 0.6) is 0 Å². The molecule has 0 unspecified atom stereocenters. The van der Waals surface area contributed by atoms with Crippen molar-refractivity contribution in [3.63, 3.8) is 0 Å². The van der Waals surface area contributed by atoms with Crippen molar-refractivity contribution in [2.75, 3.05) is 13.1 Å². The van der Waals surface area contributed by atoms with E-state index in [-0.39, 0.29) is 11.9 Å². The number of carboxylic acids is 1. The summed E-state index contributed by atoms with van der Waals surface area (Å²) in [7, 11) is 0. The van der Waals surface area contributed by atoms with Crippen LogP contribution >= 0.6 is 0 Å². The highest BCUT2D eigenvalue weighted by Crippen LogP contribution is 2.41. The van der Waals surface area contributed by atoms with E-state index in [1.54, 1.807) is 0 Å². The van der Waals surface area contributed by atoms with Gasteiger partial charge in [0.15, 0.2) is 0 Å². The fraction of sp³-hybridized carbons (Fsp3) is 0.818. The van der Waals surface area contributed by atoms with Crippen molar-refractivity contribution in [3.8, 4) is 0 Å². The van der Waals surface area contributed by atoms with E-state index in [1.165, 1.54) is 0 Å². The molecule has 2 fully saturated rings. The summed E-state index contributed by atoms with van der Waals surface area (Å²) in [6, 6.07) is 0.144. The number of aliphatic carboxylic acids is 1. The number of rotatable bonds is 3. The summed E-state index contributed by atoms with van der Waals surface area (Å²) in [5.74, 6) is -1.25. The summed E-state index contributed by atoms with van der Waals surface area (Å²) in [5, 5.41) is 15.2. The van der Waals surface area contributed by atoms with E-state index in [2.05, 4.69) is 10.6 Å². The first-order valence-corrected chi connectivity index (χ1v) is 5.90. The van der Waals surface area contributed by atoms with Crippen LogP contribution in [0.1, 0.15) is 32.1 Å². The number of piperidine rings is 1. The monoisotopic (exact) mass is 226 g/mol. The largest absolute Gasteiger partial charge is 0.480 e. The SMILES string of the molecule is O=C(O)C1(C(=O)NC2CCNCC2)CCC1. The molecule has 2 rings (SSSR count). The van der Waals surface area contributed by atoms with E-state index in [9.17, 15) is 9.59 Å². The predicted molar refractivity (Wildman–Crippen MR) is 58.0 cm³/mol. The Morgan fingerprint density at radius 1 is 1.25 bits per heavy atom. The lowest BCUT2D eigenvalue weighted by atomic mass is 9.68. The molecule has 1 aliphatic heterocycles. The molecular weight excluding hydrogens is 208 g/mol. The lowest BCUT2D eigenvalue weighted by Gasteiger charge is -2.37. The summed E-state index contributed by atoms with van der Waals surface area (Å²) >= 11 is 0. The fourth-order valence-corrected chi connectivity index (χ4v) is 2.36. The second-order valence-electron chi connectivity index (χ2n) is 4.74. The lowest BCUT2D eigenvalue weighted by molar-refractivity contribution is -0.162. The van der Waals surface area contributed by atoms with E-state index in [0.717, 1.165) is 32.4 Å². The second kappa shape index (κ2) is 4.41. The van der Waals surface area contributed by atoms with Crippen molar-refractivity contribution in [2.24, 2.45) is 5.41 Å². The van der Waals surface area contributed by atoms with E-state index in [0.29, 0.717) is 12.8 Å². The Morgan fingerprint density at radius 2 is 1.88 bits per heavy atom. The normalized spacial score (nSPS) is 24.5. The van der Waals surface area contributed by atoms with Gasteiger partial charge in [0.05, 0.1) is 0 Å². The smallest absolute Gasteiger partial charge is 0.319 e. The zero-order valence-electron chi connectivity index (χ0n) is 9.29. The first kappa shape index (κ1) is 11.4. The molecule has 5 heteroatoms. The number of hydrogen-bond acceptors (Lipinski definition) is 3. The van der Waals surface area contributed by atoms with Gasteiger partial charge in [0.25, 0.3) is 0 Å². The topological polar surface area (TPSA) is 78.4 Å². The Labute approximate surface area is 94.6 Å². The Morgan fingerprint density at radius 3 is 2.31 bits per heavy atom. The summed E-state index contributed by atoms with van der Waals surface area (Å²) in [5.41, 5.74) is -1.12. The van der Waals surface area contributed by atoms with Gasteiger partial charge < -0.3 is 15.7 Å². The first-order chi connectivity index (χ1) is 7.65.